The molecule has 4 nitrogen and oxygen atoms in total. The number of methoxy groups -OCH3 is 1. The predicted molar refractivity (Wildman–Crippen MR) is 85.0 cm³/mol. The first-order chi connectivity index (χ1) is 10.0. The number of benzene rings is 2. The molecule has 0 aliphatic heterocycles. The summed E-state index contributed by atoms with van der Waals surface area (Å²) in [4.78, 5) is 11.1. The number of anilines is 1. The third-order valence-corrected chi connectivity index (χ3v) is 3.59. The lowest BCUT2D eigenvalue weighted by molar-refractivity contribution is 0.100. The van der Waals surface area contributed by atoms with Crippen molar-refractivity contribution in [3.63, 3.8) is 0 Å². The molecule has 5 heteroatoms. The van der Waals surface area contributed by atoms with Gasteiger partial charge in [-0.3, -0.25) is 4.79 Å². The molecule has 110 valence electrons. The summed E-state index contributed by atoms with van der Waals surface area (Å²) < 4.78 is 5.17. The van der Waals surface area contributed by atoms with Crippen LogP contribution in [-0.2, 0) is 6.54 Å². The number of nitrogens with one attached hydrogen (secondary N) is 1. The second-order valence-corrected chi connectivity index (χ2v) is 5.11. The number of hydrogen-bond donors (Lipinski definition) is 2. The van der Waals surface area contributed by atoms with Crippen LogP contribution in [0.25, 0.3) is 0 Å². The van der Waals surface area contributed by atoms with Gasteiger partial charge in [-0.25, -0.2) is 0 Å². The molecule has 2 aromatic carbocycles. The Bertz CT molecular complexity index is 671. The highest BCUT2D eigenvalue weighted by Gasteiger charge is 2.06. The van der Waals surface area contributed by atoms with Crippen LogP contribution in [0.5, 0.6) is 5.75 Å². The van der Waals surface area contributed by atoms with Crippen LogP contribution in [0.1, 0.15) is 21.5 Å². The molecule has 0 aliphatic rings. The minimum absolute atomic E-state index is 0.407. The molecule has 0 heterocycles. The minimum atomic E-state index is -0.484. The van der Waals surface area contributed by atoms with Gasteiger partial charge in [0.2, 0.25) is 5.91 Å². The summed E-state index contributed by atoms with van der Waals surface area (Å²) >= 11 is 6.16. The highest BCUT2D eigenvalue weighted by atomic mass is 35.5. The lowest BCUT2D eigenvalue weighted by atomic mass is 10.1. The fourth-order valence-corrected chi connectivity index (χ4v) is 2.24. The zero-order valence-electron chi connectivity index (χ0n) is 11.9. The van der Waals surface area contributed by atoms with Gasteiger partial charge in [-0.2, -0.15) is 0 Å². The molecule has 0 saturated carbocycles. The molecule has 0 atom stereocenters. The summed E-state index contributed by atoms with van der Waals surface area (Å²) in [6.45, 7) is 2.56. The van der Waals surface area contributed by atoms with E-state index in [1.54, 1.807) is 25.3 Å². The van der Waals surface area contributed by atoms with Crippen LogP contribution in [0.3, 0.4) is 0 Å². The van der Waals surface area contributed by atoms with E-state index < -0.39 is 5.91 Å². The van der Waals surface area contributed by atoms with Crippen LogP contribution in [-0.4, -0.2) is 13.0 Å². The second-order valence-electron chi connectivity index (χ2n) is 4.70. The summed E-state index contributed by atoms with van der Waals surface area (Å²) in [6, 6.07) is 10.9. The van der Waals surface area contributed by atoms with Crippen molar-refractivity contribution in [1.29, 1.82) is 0 Å². The van der Waals surface area contributed by atoms with Crippen LogP contribution in [0.4, 0.5) is 5.69 Å². The number of carbonyl (C=O) groups excluding carboxylic acids is 1. The number of carbonyl (C=O) groups is 1. The van der Waals surface area contributed by atoms with Crippen molar-refractivity contribution in [3.8, 4) is 5.75 Å². The van der Waals surface area contributed by atoms with Gasteiger partial charge in [0, 0.05) is 22.8 Å². The van der Waals surface area contributed by atoms with Crippen LogP contribution in [0.2, 0.25) is 5.02 Å². The van der Waals surface area contributed by atoms with E-state index in [2.05, 4.69) is 5.32 Å². The third kappa shape index (κ3) is 3.67. The normalized spacial score (nSPS) is 10.2. The molecule has 2 rings (SSSR count). The monoisotopic (exact) mass is 304 g/mol. The first-order valence-corrected chi connectivity index (χ1v) is 6.86. The molecule has 0 saturated heterocycles. The van der Waals surface area contributed by atoms with E-state index in [-0.39, 0.29) is 0 Å². The van der Waals surface area contributed by atoms with E-state index in [1.165, 1.54) is 0 Å². The SMILES string of the molecule is COc1ccc(NCc2ccc(C(N)=O)cc2Cl)c(C)c1. The number of nitrogens with two attached hydrogens (primary N) is 1. The molecule has 0 aromatic heterocycles. The Morgan fingerprint density at radius 3 is 2.62 bits per heavy atom. The molecule has 3 N–H and O–H groups in total. The number of halogens is 1. The quantitative estimate of drug-likeness (QED) is 0.890. The van der Waals surface area contributed by atoms with E-state index in [1.807, 2.05) is 25.1 Å². The van der Waals surface area contributed by atoms with Gasteiger partial charge < -0.3 is 15.8 Å². The first kappa shape index (κ1) is 15.2. The van der Waals surface area contributed by atoms with Gasteiger partial charge in [0.15, 0.2) is 0 Å². The molecule has 0 fully saturated rings. The van der Waals surface area contributed by atoms with Crippen LogP contribution < -0.4 is 15.8 Å². The zero-order chi connectivity index (χ0) is 15.4. The molecular weight excluding hydrogens is 288 g/mol. The van der Waals surface area contributed by atoms with Crippen molar-refractivity contribution in [3.05, 3.63) is 58.1 Å². The molecule has 0 unspecified atom stereocenters. The van der Waals surface area contributed by atoms with E-state index >= 15 is 0 Å². The molecule has 1 amide bonds. The maximum atomic E-state index is 11.1. The highest BCUT2D eigenvalue weighted by Crippen LogP contribution is 2.23. The van der Waals surface area contributed by atoms with Gasteiger partial charge in [0.25, 0.3) is 0 Å². The number of aryl methyl sites for hydroxylation is 1. The minimum Gasteiger partial charge on any atom is -0.497 e. The molecule has 0 spiro atoms. The first-order valence-electron chi connectivity index (χ1n) is 6.48. The third-order valence-electron chi connectivity index (χ3n) is 3.24. The van der Waals surface area contributed by atoms with Crippen molar-refractivity contribution in [2.75, 3.05) is 12.4 Å². The van der Waals surface area contributed by atoms with Crippen molar-refractivity contribution >= 4 is 23.2 Å². The van der Waals surface area contributed by atoms with Gasteiger partial charge in [0.1, 0.15) is 5.75 Å². The smallest absolute Gasteiger partial charge is 0.248 e. The lowest BCUT2D eigenvalue weighted by Gasteiger charge is -2.12. The van der Waals surface area contributed by atoms with E-state index in [9.17, 15) is 4.79 Å². The average Bonchev–Trinajstić information content (AvgIpc) is 2.46. The Morgan fingerprint density at radius 1 is 1.29 bits per heavy atom. The Morgan fingerprint density at radius 2 is 2.05 bits per heavy atom. The number of amides is 1. The molecular formula is C16H17ClN2O2. The maximum Gasteiger partial charge on any atom is 0.248 e. The summed E-state index contributed by atoms with van der Waals surface area (Å²) in [7, 11) is 1.64. The Balaban J connectivity index is 2.11. The van der Waals surface area contributed by atoms with Gasteiger partial charge in [-0.15, -0.1) is 0 Å². The standard InChI is InChI=1S/C16H17ClN2O2/c1-10-7-13(21-2)5-6-15(10)19-9-12-4-3-11(16(18)20)8-14(12)17/h3-8,19H,9H2,1-2H3,(H2,18,20). The Hall–Kier alpha value is -2.20. The number of primary amides is 1. The summed E-state index contributed by atoms with van der Waals surface area (Å²) in [6.07, 6.45) is 0. The van der Waals surface area contributed by atoms with Crippen molar-refractivity contribution < 1.29 is 9.53 Å². The average molecular weight is 305 g/mol. The second kappa shape index (κ2) is 6.50. The van der Waals surface area contributed by atoms with Gasteiger partial charge in [-0.05, 0) is 48.4 Å². The van der Waals surface area contributed by atoms with E-state index in [4.69, 9.17) is 22.1 Å². The molecule has 2 aromatic rings. The zero-order valence-corrected chi connectivity index (χ0v) is 12.7. The number of hydrogen-bond acceptors (Lipinski definition) is 3. The van der Waals surface area contributed by atoms with Crippen LogP contribution in [0.15, 0.2) is 36.4 Å². The number of ether oxygens (including phenoxy) is 1. The topological polar surface area (TPSA) is 64.3 Å². The molecule has 0 aliphatic carbocycles. The lowest BCUT2D eigenvalue weighted by Crippen LogP contribution is -2.11. The van der Waals surface area contributed by atoms with Gasteiger partial charge >= 0.3 is 0 Å². The van der Waals surface area contributed by atoms with Crippen molar-refractivity contribution in [2.24, 2.45) is 5.73 Å². The fourth-order valence-electron chi connectivity index (χ4n) is 2.00. The predicted octanol–water partition coefficient (Wildman–Crippen LogP) is 3.37. The van der Waals surface area contributed by atoms with E-state index in [0.717, 1.165) is 22.6 Å². The van der Waals surface area contributed by atoms with Crippen molar-refractivity contribution in [2.45, 2.75) is 13.5 Å². The highest BCUT2D eigenvalue weighted by molar-refractivity contribution is 6.31. The van der Waals surface area contributed by atoms with E-state index in [0.29, 0.717) is 17.1 Å². The Kier molecular flexibility index (Phi) is 4.70. The van der Waals surface area contributed by atoms with Gasteiger partial charge in [0.05, 0.1) is 7.11 Å². The van der Waals surface area contributed by atoms with Gasteiger partial charge in [-0.1, -0.05) is 17.7 Å². The summed E-state index contributed by atoms with van der Waals surface area (Å²) in [5.74, 6) is 0.337. The van der Waals surface area contributed by atoms with Crippen LogP contribution in [0, 0.1) is 6.92 Å². The number of rotatable bonds is 5. The largest absolute Gasteiger partial charge is 0.497 e. The summed E-state index contributed by atoms with van der Waals surface area (Å²) in [5, 5.41) is 3.83. The summed E-state index contributed by atoms with van der Waals surface area (Å²) in [5.41, 5.74) is 8.61. The van der Waals surface area contributed by atoms with Crippen LogP contribution >= 0.6 is 11.6 Å². The fraction of sp³-hybridized carbons (Fsp3) is 0.188. The Labute approximate surface area is 128 Å². The maximum absolute atomic E-state index is 11.1. The molecule has 0 radical (unpaired) electrons. The van der Waals surface area contributed by atoms with Crippen molar-refractivity contribution in [1.82, 2.24) is 0 Å². The molecule has 0 bridgehead atoms. The molecule has 21 heavy (non-hydrogen) atoms.